The molecule has 73 heavy (non-hydrogen) atoms. The number of amides is 1. The van der Waals surface area contributed by atoms with Crippen molar-refractivity contribution in [2.45, 2.75) is 326 Å². The molecular formula is C62H115NO10. The molecule has 11 nitrogen and oxygen atoms in total. The highest BCUT2D eigenvalue weighted by molar-refractivity contribution is 5.80. The summed E-state index contributed by atoms with van der Waals surface area (Å²) < 4.78 is 11.1. The Morgan fingerprint density at radius 1 is 0.479 bits per heavy atom. The summed E-state index contributed by atoms with van der Waals surface area (Å²) in [6.45, 7) is 3.44. The molecule has 9 atom stereocenters. The van der Waals surface area contributed by atoms with E-state index in [0.29, 0.717) is 19.3 Å². The molecule has 0 spiro atoms. The Balaban J connectivity index is 2.26. The standard InChI is InChI=1S/C62H115NO10/c1-3-5-7-9-11-13-15-17-19-21-22-23-24-25-26-27-28-29-30-31-32-33-34-36-38-40-42-44-46-48-50-55(66)61(71)63-53(52-72-62-60(70)59(69)58(68)56(51-64)73-62)57(67)54(65)49-47-45-43-41-39-37-35-20-18-16-14-12-10-8-6-4-2/h20,22-23,25-26,35,41,43,53-60,62,64-70H,3-19,21,24,27-34,36-40,42,44-52H2,1-2H3,(H,63,71)/b23-22-,26-25-,35-20+,43-41+. The van der Waals surface area contributed by atoms with E-state index in [1.807, 2.05) is 0 Å². The second-order valence-electron chi connectivity index (χ2n) is 21.4. The SMILES string of the molecule is CCCCCCCCC/C=C/CC/C=C/CCCC(O)C(O)C(COC1OC(CO)C(O)C(O)C1O)NC(=O)C(O)CCCCCCCCCCCCCCCC/C=C\C/C=C\CCCCCCCCCCC. The van der Waals surface area contributed by atoms with Gasteiger partial charge in [-0.15, -0.1) is 0 Å². The van der Waals surface area contributed by atoms with Crippen molar-refractivity contribution >= 4 is 5.91 Å². The normalized spacial score (nSPS) is 20.3. The number of allylic oxidation sites excluding steroid dienone is 8. The number of unbranched alkanes of at least 4 members (excludes halogenated alkanes) is 32. The molecule has 1 rings (SSSR count). The van der Waals surface area contributed by atoms with Crippen LogP contribution in [-0.2, 0) is 14.3 Å². The molecule has 1 aliphatic heterocycles. The lowest BCUT2D eigenvalue weighted by molar-refractivity contribution is -0.303. The minimum absolute atomic E-state index is 0.246. The zero-order valence-electron chi connectivity index (χ0n) is 46.9. The zero-order chi connectivity index (χ0) is 53.3. The number of hydrogen-bond acceptors (Lipinski definition) is 10. The first kappa shape index (κ1) is 69.1. The minimum Gasteiger partial charge on any atom is -0.394 e. The molecule has 0 aromatic rings. The third kappa shape index (κ3) is 39.1. The van der Waals surface area contributed by atoms with E-state index in [2.05, 4.69) is 67.8 Å². The Morgan fingerprint density at radius 3 is 1.30 bits per heavy atom. The van der Waals surface area contributed by atoms with Gasteiger partial charge >= 0.3 is 0 Å². The van der Waals surface area contributed by atoms with Crippen LogP contribution in [0.2, 0.25) is 0 Å². The number of carbonyl (C=O) groups excluding carboxylic acids is 1. The van der Waals surface area contributed by atoms with Gasteiger partial charge in [0.1, 0.15) is 36.6 Å². The molecule has 428 valence electrons. The van der Waals surface area contributed by atoms with Crippen molar-refractivity contribution in [1.29, 1.82) is 0 Å². The maximum absolute atomic E-state index is 13.2. The Kier molecular flexibility index (Phi) is 48.1. The molecule has 1 aliphatic rings. The largest absolute Gasteiger partial charge is 0.394 e. The highest BCUT2D eigenvalue weighted by atomic mass is 16.7. The molecule has 1 heterocycles. The molecule has 0 aromatic carbocycles. The third-order valence-electron chi connectivity index (χ3n) is 14.6. The van der Waals surface area contributed by atoms with Gasteiger partial charge in [0.15, 0.2) is 6.29 Å². The number of aliphatic hydroxyl groups is 7. The Hall–Kier alpha value is -1.93. The first-order valence-electron chi connectivity index (χ1n) is 30.5. The first-order chi connectivity index (χ1) is 35.7. The Bertz CT molecular complexity index is 1320. The van der Waals surface area contributed by atoms with E-state index in [1.165, 1.54) is 180 Å². The van der Waals surface area contributed by atoms with Gasteiger partial charge in [-0.3, -0.25) is 4.79 Å². The minimum atomic E-state index is -1.67. The van der Waals surface area contributed by atoms with Crippen LogP contribution < -0.4 is 5.32 Å². The second kappa shape index (κ2) is 50.9. The number of nitrogens with one attached hydrogen (secondary N) is 1. The van der Waals surface area contributed by atoms with Crippen molar-refractivity contribution in [3.05, 3.63) is 48.6 Å². The van der Waals surface area contributed by atoms with Gasteiger partial charge in [0.25, 0.3) is 0 Å². The van der Waals surface area contributed by atoms with Crippen LogP contribution in [0.4, 0.5) is 0 Å². The summed E-state index contributed by atoms with van der Waals surface area (Å²) in [6.07, 6.45) is 53.2. The van der Waals surface area contributed by atoms with Crippen LogP contribution in [0.1, 0.15) is 271 Å². The van der Waals surface area contributed by atoms with E-state index >= 15 is 0 Å². The topological polar surface area (TPSA) is 189 Å². The number of rotatable bonds is 52. The van der Waals surface area contributed by atoms with Crippen molar-refractivity contribution in [1.82, 2.24) is 5.32 Å². The second-order valence-corrected chi connectivity index (χ2v) is 21.4. The van der Waals surface area contributed by atoms with Gasteiger partial charge in [-0.1, -0.05) is 236 Å². The van der Waals surface area contributed by atoms with E-state index in [9.17, 15) is 40.5 Å². The first-order valence-corrected chi connectivity index (χ1v) is 30.5. The van der Waals surface area contributed by atoms with Crippen molar-refractivity contribution in [2.75, 3.05) is 13.2 Å². The van der Waals surface area contributed by atoms with Gasteiger partial charge in [0, 0.05) is 0 Å². The molecule has 1 saturated heterocycles. The van der Waals surface area contributed by atoms with E-state index in [0.717, 1.165) is 44.9 Å². The Labute approximate surface area is 447 Å². The summed E-state index contributed by atoms with van der Waals surface area (Å²) in [6, 6.07) is -1.19. The third-order valence-corrected chi connectivity index (χ3v) is 14.6. The van der Waals surface area contributed by atoms with Crippen LogP contribution in [0.5, 0.6) is 0 Å². The van der Waals surface area contributed by atoms with Gasteiger partial charge < -0.3 is 50.5 Å². The van der Waals surface area contributed by atoms with Crippen LogP contribution in [0.25, 0.3) is 0 Å². The molecule has 11 heteroatoms. The smallest absolute Gasteiger partial charge is 0.249 e. The fourth-order valence-electron chi connectivity index (χ4n) is 9.61. The van der Waals surface area contributed by atoms with Gasteiger partial charge in [-0.2, -0.15) is 0 Å². The molecule has 0 bridgehead atoms. The number of carbonyl (C=O) groups is 1. The van der Waals surface area contributed by atoms with Gasteiger partial charge in [0.05, 0.1) is 25.4 Å². The number of ether oxygens (including phenoxy) is 2. The summed E-state index contributed by atoms with van der Waals surface area (Å²) in [7, 11) is 0. The predicted octanol–water partition coefficient (Wildman–Crippen LogP) is 13.2. The zero-order valence-corrected chi connectivity index (χ0v) is 46.9. The molecule has 0 saturated carbocycles. The van der Waals surface area contributed by atoms with Crippen molar-refractivity contribution in [3.8, 4) is 0 Å². The highest BCUT2D eigenvalue weighted by Crippen LogP contribution is 2.23. The number of aliphatic hydroxyl groups excluding tert-OH is 7. The van der Waals surface area contributed by atoms with E-state index in [4.69, 9.17) is 9.47 Å². The molecule has 0 aromatic heterocycles. The number of hydrogen-bond donors (Lipinski definition) is 8. The van der Waals surface area contributed by atoms with E-state index in [-0.39, 0.29) is 12.8 Å². The van der Waals surface area contributed by atoms with Crippen molar-refractivity contribution in [2.24, 2.45) is 0 Å². The lowest BCUT2D eigenvalue weighted by Crippen LogP contribution is -2.60. The maximum Gasteiger partial charge on any atom is 0.249 e. The average Bonchev–Trinajstić information content (AvgIpc) is 3.39. The Morgan fingerprint density at radius 2 is 0.863 bits per heavy atom. The van der Waals surface area contributed by atoms with Gasteiger partial charge in [-0.25, -0.2) is 0 Å². The molecule has 0 radical (unpaired) electrons. The quantitative estimate of drug-likeness (QED) is 0.0215. The fourth-order valence-corrected chi connectivity index (χ4v) is 9.61. The lowest BCUT2D eigenvalue weighted by atomic mass is 9.98. The monoisotopic (exact) mass is 1030 g/mol. The van der Waals surface area contributed by atoms with E-state index < -0.39 is 74.2 Å². The van der Waals surface area contributed by atoms with Crippen LogP contribution in [-0.4, -0.2) is 110 Å². The summed E-state index contributed by atoms with van der Waals surface area (Å²) >= 11 is 0. The van der Waals surface area contributed by atoms with Crippen molar-refractivity contribution in [3.63, 3.8) is 0 Å². The summed E-state index contributed by atoms with van der Waals surface area (Å²) in [4.78, 5) is 13.2. The molecule has 1 fully saturated rings. The summed E-state index contributed by atoms with van der Waals surface area (Å²) in [5.41, 5.74) is 0. The lowest BCUT2D eigenvalue weighted by Gasteiger charge is -2.40. The van der Waals surface area contributed by atoms with Gasteiger partial charge in [0.2, 0.25) is 5.91 Å². The highest BCUT2D eigenvalue weighted by Gasteiger charge is 2.44. The van der Waals surface area contributed by atoms with Crippen LogP contribution in [0.3, 0.4) is 0 Å². The van der Waals surface area contributed by atoms with Gasteiger partial charge in [-0.05, 0) is 83.5 Å². The average molecular weight is 1030 g/mol. The molecule has 8 N–H and O–H groups in total. The molecule has 9 unspecified atom stereocenters. The van der Waals surface area contributed by atoms with Crippen LogP contribution >= 0.6 is 0 Å². The molecule has 0 aliphatic carbocycles. The predicted molar refractivity (Wildman–Crippen MR) is 302 cm³/mol. The van der Waals surface area contributed by atoms with Crippen molar-refractivity contribution < 1.29 is 50.0 Å². The van der Waals surface area contributed by atoms with E-state index in [1.54, 1.807) is 0 Å². The fraction of sp³-hybridized carbons (Fsp3) is 0.855. The summed E-state index contributed by atoms with van der Waals surface area (Å²) in [5, 5.41) is 76.1. The van der Waals surface area contributed by atoms with Crippen LogP contribution in [0, 0.1) is 0 Å². The molecule has 1 amide bonds. The summed E-state index contributed by atoms with van der Waals surface area (Å²) in [5.74, 6) is -0.710. The maximum atomic E-state index is 13.2. The molecular weight excluding hydrogens is 919 g/mol. The van der Waals surface area contributed by atoms with Crippen LogP contribution in [0.15, 0.2) is 48.6 Å².